The minimum atomic E-state index is 0.418. The van der Waals surface area contributed by atoms with Crippen molar-refractivity contribution >= 4 is 11.6 Å². The summed E-state index contributed by atoms with van der Waals surface area (Å²) in [6.45, 7) is 0.940. The lowest BCUT2D eigenvalue weighted by Crippen LogP contribution is -2.20. The van der Waals surface area contributed by atoms with Gasteiger partial charge in [0.15, 0.2) is 0 Å². The molecule has 0 saturated carbocycles. The van der Waals surface area contributed by atoms with E-state index >= 15 is 0 Å². The molecule has 1 aliphatic carbocycles. The molecule has 3 heteroatoms. The van der Waals surface area contributed by atoms with E-state index in [0.717, 1.165) is 24.4 Å². The number of fused-ring (bicyclic) bond motifs is 2. The van der Waals surface area contributed by atoms with Crippen LogP contribution >= 0.6 is 11.6 Å². The van der Waals surface area contributed by atoms with Crippen molar-refractivity contribution in [3.63, 3.8) is 0 Å². The maximum atomic E-state index is 6.13. The molecule has 19 heavy (non-hydrogen) atoms. The Morgan fingerprint density at radius 3 is 3.00 bits per heavy atom. The molecule has 1 atom stereocenters. The monoisotopic (exact) mass is 272 g/mol. The summed E-state index contributed by atoms with van der Waals surface area (Å²) in [5.41, 5.74) is 5.29. The van der Waals surface area contributed by atoms with Crippen molar-refractivity contribution in [2.24, 2.45) is 0 Å². The Morgan fingerprint density at radius 2 is 2.16 bits per heavy atom. The van der Waals surface area contributed by atoms with E-state index in [2.05, 4.69) is 28.5 Å². The topological polar surface area (TPSA) is 24.9 Å². The third-order valence-electron chi connectivity index (χ3n) is 3.78. The van der Waals surface area contributed by atoms with Crippen molar-refractivity contribution in [2.75, 3.05) is 13.6 Å². The van der Waals surface area contributed by atoms with Gasteiger partial charge in [-0.05, 0) is 54.8 Å². The number of rotatable bonds is 2. The number of halogens is 1. The van der Waals surface area contributed by atoms with E-state index in [9.17, 15) is 0 Å². The Morgan fingerprint density at radius 1 is 1.26 bits per heavy atom. The maximum Gasteiger partial charge on any atom is 0.0485 e. The summed E-state index contributed by atoms with van der Waals surface area (Å²) < 4.78 is 0. The third kappa shape index (κ3) is 2.51. The molecule has 1 aliphatic rings. The van der Waals surface area contributed by atoms with Crippen LogP contribution in [0.5, 0.6) is 0 Å². The van der Waals surface area contributed by atoms with Gasteiger partial charge in [-0.15, -0.1) is 0 Å². The van der Waals surface area contributed by atoms with Crippen LogP contribution in [0.3, 0.4) is 0 Å². The summed E-state index contributed by atoms with van der Waals surface area (Å²) in [5, 5.41) is 4.10. The van der Waals surface area contributed by atoms with Gasteiger partial charge in [-0.3, -0.25) is 4.98 Å². The molecule has 3 rings (SSSR count). The zero-order valence-electron chi connectivity index (χ0n) is 11.0. The van der Waals surface area contributed by atoms with E-state index in [0.29, 0.717) is 5.92 Å². The Labute approximate surface area is 118 Å². The van der Waals surface area contributed by atoms with Gasteiger partial charge in [0.05, 0.1) is 0 Å². The second kappa shape index (κ2) is 5.32. The van der Waals surface area contributed by atoms with Crippen molar-refractivity contribution < 1.29 is 0 Å². The van der Waals surface area contributed by atoms with Gasteiger partial charge in [-0.2, -0.15) is 0 Å². The SMILES string of the molecule is CNC[C@@H]1Cc2cc(Cl)ccc2Cc2cccnc21. The van der Waals surface area contributed by atoms with Crippen LogP contribution in [0.15, 0.2) is 36.5 Å². The van der Waals surface area contributed by atoms with E-state index in [1.165, 1.54) is 22.4 Å². The second-order valence-electron chi connectivity index (χ2n) is 5.10. The highest BCUT2D eigenvalue weighted by atomic mass is 35.5. The van der Waals surface area contributed by atoms with E-state index in [4.69, 9.17) is 11.6 Å². The molecule has 98 valence electrons. The lowest BCUT2D eigenvalue weighted by molar-refractivity contribution is 0.611. The average molecular weight is 273 g/mol. The Hall–Kier alpha value is -1.38. The molecule has 0 aliphatic heterocycles. The number of likely N-dealkylation sites (N-methyl/N-ethyl adjacent to an activating group) is 1. The van der Waals surface area contributed by atoms with E-state index in [1.807, 2.05) is 25.4 Å². The molecule has 2 aromatic rings. The first-order valence-corrected chi connectivity index (χ1v) is 7.01. The number of nitrogens with zero attached hydrogens (tertiary/aromatic N) is 1. The molecule has 2 nitrogen and oxygen atoms in total. The molecule has 1 heterocycles. The molecule has 1 N–H and O–H groups in total. The molecule has 1 aromatic carbocycles. The van der Waals surface area contributed by atoms with Crippen LogP contribution in [0, 0.1) is 0 Å². The van der Waals surface area contributed by atoms with Gasteiger partial charge in [-0.25, -0.2) is 0 Å². The van der Waals surface area contributed by atoms with Crippen LogP contribution in [0.4, 0.5) is 0 Å². The molecule has 0 unspecified atom stereocenters. The fourth-order valence-corrected chi connectivity index (χ4v) is 3.10. The number of hydrogen-bond acceptors (Lipinski definition) is 2. The molecule has 0 saturated heterocycles. The smallest absolute Gasteiger partial charge is 0.0485 e. The molecular formula is C16H17ClN2. The minimum Gasteiger partial charge on any atom is -0.319 e. The van der Waals surface area contributed by atoms with Crippen molar-refractivity contribution in [3.8, 4) is 0 Å². The highest BCUT2D eigenvalue weighted by molar-refractivity contribution is 6.30. The van der Waals surface area contributed by atoms with Crippen LogP contribution in [-0.2, 0) is 12.8 Å². The standard InChI is InChI=1S/C16H17ClN2/c1-18-10-14-8-13-9-15(17)5-4-11(13)7-12-3-2-6-19-16(12)14/h2-6,9,14,18H,7-8,10H2,1H3/t14-/m0/s1. The molecule has 0 amide bonds. The second-order valence-corrected chi connectivity index (χ2v) is 5.53. The zero-order valence-corrected chi connectivity index (χ0v) is 11.7. The lowest BCUT2D eigenvalue weighted by atomic mass is 9.95. The number of pyridine rings is 1. The predicted octanol–water partition coefficient (Wildman–Crippen LogP) is 3.18. The van der Waals surface area contributed by atoms with Gasteiger partial charge in [0, 0.05) is 29.4 Å². The lowest BCUT2D eigenvalue weighted by Gasteiger charge is -2.16. The van der Waals surface area contributed by atoms with Gasteiger partial charge >= 0.3 is 0 Å². The molecule has 0 spiro atoms. The molecule has 0 fully saturated rings. The van der Waals surface area contributed by atoms with Crippen LogP contribution in [-0.4, -0.2) is 18.6 Å². The van der Waals surface area contributed by atoms with Gasteiger partial charge in [0.1, 0.15) is 0 Å². The summed E-state index contributed by atoms with van der Waals surface area (Å²) in [7, 11) is 1.99. The van der Waals surface area contributed by atoms with E-state index < -0.39 is 0 Å². The van der Waals surface area contributed by atoms with Gasteiger partial charge in [-0.1, -0.05) is 23.7 Å². The molecule has 0 bridgehead atoms. The summed E-state index contributed by atoms with van der Waals surface area (Å²) in [5.74, 6) is 0.418. The third-order valence-corrected chi connectivity index (χ3v) is 4.01. The van der Waals surface area contributed by atoms with Crippen molar-refractivity contribution in [3.05, 3.63) is 63.9 Å². The first-order valence-electron chi connectivity index (χ1n) is 6.63. The van der Waals surface area contributed by atoms with Crippen LogP contribution < -0.4 is 5.32 Å². The summed E-state index contributed by atoms with van der Waals surface area (Å²) >= 11 is 6.13. The van der Waals surface area contributed by atoms with Gasteiger partial charge < -0.3 is 5.32 Å². The molecule has 1 aromatic heterocycles. The number of aromatic nitrogens is 1. The Kier molecular flexibility index (Phi) is 3.54. The fraction of sp³-hybridized carbons (Fsp3) is 0.312. The highest BCUT2D eigenvalue weighted by Gasteiger charge is 2.22. The predicted molar refractivity (Wildman–Crippen MR) is 78.9 cm³/mol. The quantitative estimate of drug-likeness (QED) is 0.908. The Bertz CT molecular complexity index is 595. The molecular weight excluding hydrogens is 256 g/mol. The van der Waals surface area contributed by atoms with Crippen molar-refractivity contribution in [1.82, 2.24) is 10.3 Å². The minimum absolute atomic E-state index is 0.418. The number of benzene rings is 1. The fourth-order valence-electron chi connectivity index (χ4n) is 2.91. The summed E-state index contributed by atoms with van der Waals surface area (Å²) in [4.78, 5) is 4.61. The van der Waals surface area contributed by atoms with E-state index in [-0.39, 0.29) is 0 Å². The largest absolute Gasteiger partial charge is 0.319 e. The van der Waals surface area contributed by atoms with Crippen LogP contribution in [0.2, 0.25) is 5.02 Å². The summed E-state index contributed by atoms with van der Waals surface area (Å²) in [6, 6.07) is 10.4. The van der Waals surface area contributed by atoms with Crippen LogP contribution in [0.25, 0.3) is 0 Å². The van der Waals surface area contributed by atoms with Crippen molar-refractivity contribution in [1.29, 1.82) is 0 Å². The number of nitrogens with one attached hydrogen (secondary N) is 1. The van der Waals surface area contributed by atoms with E-state index in [1.54, 1.807) is 0 Å². The van der Waals surface area contributed by atoms with Gasteiger partial charge in [0.25, 0.3) is 0 Å². The van der Waals surface area contributed by atoms with Crippen LogP contribution in [0.1, 0.15) is 28.3 Å². The average Bonchev–Trinajstić information content (AvgIpc) is 2.56. The summed E-state index contributed by atoms with van der Waals surface area (Å²) in [6.07, 6.45) is 3.85. The van der Waals surface area contributed by atoms with Gasteiger partial charge in [0.2, 0.25) is 0 Å². The highest BCUT2D eigenvalue weighted by Crippen LogP contribution is 2.31. The number of hydrogen-bond donors (Lipinski definition) is 1. The van der Waals surface area contributed by atoms with Crippen molar-refractivity contribution in [2.45, 2.75) is 18.8 Å². The zero-order chi connectivity index (χ0) is 13.2. The molecule has 0 radical (unpaired) electrons. The first-order chi connectivity index (χ1) is 9.28. The maximum absolute atomic E-state index is 6.13. The first kappa shape index (κ1) is 12.6. The normalized spacial score (nSPS) is 17.5. The Balaban J connectivity index is 2.09.